The minimum absolute atomic E-state index is 0.0563. The average molecular weight is 356 g/mol. The van der Waals surface area contributed by atoms with Gasteiger partial charge in [-0.2, -0.15) is 0 Å². The summed E-state index contributed by atoms with van der Waals surface area (Å²) in [4.78, 5) is 25.8. The number of ether oxygens (including phenoxy) is 3. The number of carbonyl (C=O) groups is 2. The number of hydrogen-bond acceptors (Lipinski definition) is 5. The maximum Gasteiger partial charge on any atom is 0.317 e. The fraction of sp³-hybridized carbons (Fsp3) is 0.524. The van der Waals surface area contributed by atoms with Crippen molar-refractivity contribution in [1.82, 2.24) is 0 Å². The van der Waals surface area contributed by atoms with Crippen LogP contribution in [0.5, 0.6) is 0 Å². The Labute approximate surface area is 153 Å². The molecule has 2 saturated heterocycles. The number of carbonyl (C=O) groups excluding carboxylic acids is 2. The van der Waals surface area contributed by atoms with Gasteiger partial charge in [0.2, 0.25) is 0 Å². The molecule has 26 heavy (non-hydrogen) atoms. The fourth-order valence-electron chi connectivity index (χ4n) is 4.51. The number of Topliss-reactive ketones (excluding diaryl/α,β-unsaturated/α-hetero) is 1. The van der Waals surface area contributed by atoms with Gasteiger partial charge in [0, 0.05) is 25.2 Å². The molecule has 0 radical (unpaired) electrons. The van der Waals surface area contributed by atoms with Crippen LogP contribution in [0.4, 0.5) is 0 Å². The predicted octanol–water partition coefficient (Wildman–Crippen LogP) is 3.14. The number of benzene rings is 1. The highest BCUT2D eigenvalue weighted by atomic mass is 16.7. The van der Waals surface area contributed by atoms with E-state index in [-0.39, 0.29) is 18.1 Å². The molecule has 1 aromatic carbocycles. The van der Waals surface area contributed by atoms with Crippen molar-refractivity contribution in [2.45, 2.75) is 49.4 Å². The topological polar surface area (TPSA) is 61.8 Å². The minimum Gasteiger partial charge on any atom is -0.458 e. The molecule has 2 heterocycles. The Kier molecular flexibility index (Phi) is 4.45. The van der Waals surface area contributed by atoms with E-state index < -0.39 is 23.3 Å². The Morgan fingerprint density at radius 2 is 1.69 bits per heavy atom. The van der Waals surface area contributed by atoms with Crippen LogP contribution in [-0.4, -0.2) is 36.4 Å². The molecule has 2 unspecified atom stereocenters. The molecule has 0 N–H and O–H groups in total. The summed E-state index contributed by atoms with van der Waals surface area (Å²) in [5.41, 5.74) is 0.206. The van der Waals surface area contributed by atoms with Gasteiger partial charge in [-0.15, -0.1) is 6.58 Å². The van der Waals surface area contributed by atoms with E-state index in [0.717, 1.165) is 5.56 Å². The maximum absolute atomic E-state index is 13.0. The van der Waals surface area contributed by atoms with Crippen molar-refractivity contribution in [2.24, 2.45) is 5.92 Å². The molecule has 2 spiro atoms. The summed E-state index contributed by atoms with van der Waals surface area (Å²) < 4.78 is 17.4. The molecule has 5 heteroatoms. The minimum atomic E-state index is -0.810. The lowest BCUT2D eigenvalue weighted by Gasteiger charge is -2.46. The third kappa shape index (κ3) is 2.99. The van der Waals surface area contributed by atoms with Gasteiger partial charge in [-0.3, -0.25) is 9.59 Å². The first kappa shape index (κ1) is 17.4. The smallest absolute Gasteiger partial charge is 0.317 e. The summed E-state index contributed by atoms with van der Waals surface area (Å²) in [6, 6.07) is 9.53. The predicted molar refractivity (Wildman–Crippen MR) is 94.4 cm³/mol. The molecule has 4 rings (SSSR count). The van der Waals surface area contributed by atoms with Gasteiger partial charge in [0.1, 0.15) is 11.5 Å². The van der Waals surface area contributed by atoms with Crippen LogP contribution in [0, 0.1) is 5.92 Å². The summed E-state index contributed by atoms with van der Waals surface area (Å²) in [7, 11) is 0. The van der Waals surface area contributed by atoms with Crippen molar-refractivity contribution in [3.8, 4) is 0 Å². The van der Waals surface area contributed by atoms with Crippen molar-refractivity contribution in [2.75, 3.05) is 13.2 Å². The molecule has 2 aliphatic heterocycles. The number of ketones is 1. The zero-order valence-corrected chi connectivity index (χ0v) is 14.8. The normalized spacial score (nSPS) is 28.1. The molecule has 0 aromatic heterocycles. The van der Waals surface area contributed by atoms with Gasteiger partial charge in [-0.25, -0.2) is 0 Å². The number of allylic oxidation sites excluding steroid dienone is 1. The molecule has 3 aliphatic rings. The van der Waals surface area contributed by atoms with Crippen molar-refractivity contribution >= 4 is 11.8 Å². The van der Waals surface area contributed by atoms with E-state index >= 15 is 0 Å². The van der Waals surface area contributed by atoms with Gasteiger partial charge in [-0.1, -0.05) is 36.4 Å². The van der Waals surface area contributed by atoms with Crippen LogP contribution in [0.3, 0.4) is 0 Å². The van der Waals surface area contributed by atoms with Gasteiger partial charge in [0.05, 0.1) is 13.2 Å². The summed E-state index contributed by atoms with van der Waals surface area (Å²) >= 11 is 0. The van der Waals surface area contributed by atoms with Crippen LogP contribution in [0.1, 0.15) is 43.6 Å². The molecule has 5 nitrogen and oxygen atoms in total. The van der Waals surface area contributed by atoms with Crippen LogP contribution in [0.25, 0.3) is 0 Å². The highest BCUT2D eigenvalue weighted by Gasteiger charge is 2.54. The Morgan fingerprint density at radius 1 is 1.04 bits per heavy atom. The van der Waals surface area contributed by atoms with Crippen molar-refractivity contribution in [3.63, 3.8) is 0 Å². The van der Waals surface area contributed by atoms with Gasteiger partial charge in [-0.05, 0) is 18.4 Å². The molecule has 138 valence electrons. The second-order valence-corrected chi connectivity index (χ2v) is 7.50. The summed E-state index contributed by atoms with van der Waals surface area (Å²) in [6.45, 7) is 5.05. The average Bonchev–Trinajstić information content (AvgIpc) is 3.11. The van der Waals surface area contributed by atoms with Gasteiger partial charge >= 0.3 is 5.97 Å². The van der Waals surface area contributed by atoms with Crippen molar-refractivity contribution < 1.29 is 23.8 Å². The molecule has 0 bridgehead atoms. The molecule has 2 atom stereocenters. The van der Waals surface area contributed by atoms with Crippen molar-refractivity contribution in [3.05, 3.63) is 48.6 Å². The van der Waals surface area contributed by atoms with E-state index in [2.05, 4.69) is 6.58 Å². The van der Waals surface area contributed by atoms with Gasteiger partial charge in [0.25, 0.3) is 0 Å². The van der Waals surface area contributed by atoms with Crippen LogP contribution < -0.4 is 0 Å². The Morgan fingerprint density at radius 3 is 2.27 bits per heavy atom. The molecule has 1 saturated carbocycles. The molecule has 1 aliphatic carbocycles. The Hall–Kier alpha value is -1.98. The van der Waals surface area contributed by atoms with Crippen LogP contribution in [0.2, 0.25) is 0 Å². The first-order valence-electron chi connectivity index (χ1n) is 9.28. The van der Waals surface area contributed by atoms with Crippen LogP contribution >= 0.6 is 0 Å². The largest absolute Gasteiger partial charge is 0.458 e. The number of hydrogen-bond donors (Lipinski definition) is 0. The molecule has 1 aromatic rings. The van der Waals surface area contributed by atoms with E-state index in [1.807, 2.05) is 30.3 Å². The van der Waals surface area contributed by atoms with E-state index in [1.165, 1.54) is 0 Å². The maximum atomic E-state index is 13.0. The second kappa shape index (κ2) is 6.63. The monoisotopic (exact) mass is 356 g/mol. The lowest BCUT2D eigenvalue weighted by Crippen LogP contribution is -2.53. The number of esters is 1. The standard InChI is InChI=1S/C21H24O5/c1-2-16(15-6-4-3-5-7-15)18-17(22)14-20(26-19(18)23)8-10-21(11-9-20)24-12-13-25-21/h2-7,16,18H,1,8-14H2. The molecular formula is C21H24O5. The third-order valence-corrected chi connectivity index (χ3v) is 5.95. The fourth-order valence-corrected chi connectivity index (χ4v) is 4.51. The van der Waals surface area contributed by atoms with E-state index in [9.17, 15) is 9.59 Å². The summed E-state index contributed by atoms with van der Waals surface area (Å²) in [5, 5.41) is 0. The zero-order chi connectivity index (χ0) is 18.2. The first-order valence-corrected chi connectivity index (χ1v) is 9.28. The zero-order valence-electron chi connectivity index (χ0n) is 14.8. The second-order valence-electron chi connectivity index (χ2n) is 7.50. The SMILES string of the molecule is C=CC(c1ccccc1)C1C(=O)CC2(CCC3(CC2)OCCO3)OC1=O. The Bertz CT molecular complexity index is 674. The van der Waals surface area contributed by atoms with Crippen LogP contribution in [0.15, 0.2) is 43.0 Å². The molecule has 3 fully saturated rings. The Balaban J connectivity index is 1.50. The van der Waals surface area contributed by atoms with E-state index in [1.54, 1.807) is 6.08 Å². The van der Waals surface area contributed by atoms with Gasteiger partial charge < -0.3 is 14.2 Å². The summed E-state index contributed by atoms with van der Waals surface area (Å²) in [6.07, 6.45) is 4.44. The lowest BCUT2D eigenvalue weighted by atomic mass is 9.72. The van der Waals surface area contributed by atoms with E-state index in [0.29, 0.717) is 38.9 Å². The quantitative estimate of drug-likeness (QED) is 0.473. The number of rotatable bonds is 3. The van der Waals surface area contributed by atoms with Gasteiger partial charge in [0.15, 0.2) is 11.6 Å². The van der Waals surface area contributed by atoms with Crippen molar-refractivity contribution in [1.29, 1.82) is 0 Å². The molecular weight excluding hydrogens is 332 g/mol. The lowest BCUT2D eigenvalue weighted by molar-refractivity contribution is -0.220. The first-order chi connectivity index (χ1) is 12.6. The highest BCUT2D eigenvalue weighted by molar-refractivity contribution is 6.02. The third-order valence-electron chi connectivity index (χ3n) is 5.95. The summed E-state index contributed by atoms with van der Waals surface area (Å²) in [5.74, 6) is -2.19. The molecule has 0 amide bonds. The highest BCUT2D eigenvalue weighted by Crippen LogP contribution is 2.47. The van der Waals surface area contributed by atoms with E-state index in [4.69, 9.17) is 14.2 Å². The van der Waals surface area contributed by atoms with Crippen LogP contribution in [-0.2, 0) is 23.8 Å².